The maximum absolute atomic E-state index is 11.8. The van der Waals surface area contributed by atoms with Gasteiger partial charge < -0.3 is 15.1 Å². The molecule has 2 aromatic rings. The predicted octanol–water partition coefficient (Wildman–Crippen LogP) is 3.28. The number of nitrogens with zero attached hydrogens (tertiary/aromatic N) is 3. The van der Waals surface area contributed by atoms with E-state index in [4.69, 9.17) is 4.42 Å². The summed E-state index contributed by atoms with van der Waals surface area (Å²) < 4.78 is 5.77. The van der Waals surface area contributed by atoms with Gasteiger partial charge in [0, 0.05) is 18.8 Å². The highest BCUT2D eigenvalue weighted by Gasteiger charge is 2.31. The smallest absolute Gasteiger partial charge is 0.268 e. The molecule has 2 fully saturated rings. The Bertz CT molecular complexity index is 739. The number of anilines is 1. The van der Waals surface area contributed by atoms with Crippen molar-refractivity contribution in [1.82, 2.24) is 20.5 Å². The number of carbonyl (C=O) groups is 1. The number of nitrogens with one attached hydrogen (secondary N) is 2. The summed E-state index contributed by atoms with van der Waals surface area (Å²) in [4.78, 5) is 16.2. The van der Waals surface area contributed by atoms with Crippen LogP contribution in [0.4, 0.5) is 5.69 Å². The van der Waals surface area contributed by atoms with Gasteiger partial charge in [-0.3, -0.25) is 4.79 Å². The Labute approximate surface area is 153 Å². The van der Waals surface area contributed by atoms with E-state index in [1.807, 2.05) is 12.1 Å². The third-order valence-electron chi connectivity index (χ3n) is 4.76. The Morgan fingerprint density at radius 1 is 1.15 bits per heavy atom. The summed E-state index contributed by atoms with van der Waals surface area (Å²) in [6.45, 7) is 6.65. The van der Waals surface area contributed by atoms with E-state index in [2.05, 4.69) is 39.0 Å². The standard InChI is InChI=1S/C17H21N5O2.C2H4/c23-15-12(8-10-19-15)16-21-22-17(24-16)14-13(7-4-9-18-14)20-11-5-2-1-3-6-11;1-2/h4,7,9,11-12,20H,1-3,5-6,8,10H2,(H,19,23);1-2H2. The molecule has 1 saturated carbocycles. The van der Waals surface area contributed by atoms with Crippen LogP contribution in [-0.2, 0) is 4.79 Å². The van der Waals surface area contributed by atoms with Crippen LogP contribution in [0.5, 0.6) is 0 Å². The van der Waals surface area contributed by atoms with Crippen molar-refractivity contribution in [3.63, 3.8) is 0 Å². The van der Waals surface area contributed by atoms with Crippen molar-refractivity contribution in [1.29, 1.82) is 0 Å². The zero-order valence-electron chi connectivity index (χ0n) is 14.9. The van der Waals surface area contributed by atoms with Crippen LogP contribution in [0.25, 0.3) is 11.6 Å². The zero-order valence-corrected chi connectivity index (χ0v) is 14.9. The second-order valence-electron chi connectivity index (χ2n) is 6.46. The molecule has 3 heterocycles. The minimum Gasteiger partial charge on any atom is -0.418 e. The molecule has 4 rings (SSSR count). The number of aromatic nitrogens is 3. The second-order valence-corrected chi connectivity index (χ2v) is 6.46. The van der Waals surface area contributed by atoms with Crippen molar-refractivity contribution in [2.24, 2.45) is 0 Å². The highest BCUT2D eigenvalue weighted by atomic mass is 16.4. The Balaban J connectivity index is 0.000000948. The van der Waals surface area contributed by atoms with Crippen LogP contribution in [0.3, 0.4) is 0 Å². The van der Waals surface area contributed by atoms with E-state index in [1.54, 1.807) is 6.20 Å². The molecule has 0 aromatic carbocycles. The van der Waals surface area contributed by atoms with Crippen molar-refractivity contribution >= 4 is 11.6 Å². The third kappa shape index (κ3) is 3.92. The molecule has 0 bridgehead atoms. The number of rotatable bonds is 4. The highest BCUT2D eigenvalue weighted by Crippen LogP contribution is 2.30. The summed E-state index contributed by atoms with van der Waals surface area (Å²) >= 11 is 0. The molecule has 1 aliphatic carbocycles. The van der Waals surface area contributed by atoms with Crippen LogP contribution in [-0.4, -0.2) is 33.7 Å². The molecule has 0 radical (unpaired) electrons. The average Bonchev–Trinajstić information content (AvgIpc) is 3.33. The van der Waals surface area contributed by atoms with Crippen LogP contribution < -0.4 is 10.6 Å². The maximum Gasteiger partial charge on any atom is 0.268 e. The SMILES string of the molecule is C=C.O=C1NCCC1c1nnc(-c2ncccc2NC2CCCCC2)o1. The normalized spacial score (nSPS) is 20.2. The Morgan fingerprint density at radius 2 is 1.96 bits per heavy atom. The van der Waals surface area contributed by atoms with E-state index in [0.29, 0.717) is 36.5 Å². The van der Waals surface area contributed by atoms with Gasteiger partial charge in [-0.05, 0) is 31.4 Å². The molecule has 0 spiro atoms. The summed E-state index contributed by atoms with van der Waals surface area (Å²) in [6.07, 6.45) is 8.58. The van der Waals surface area contributed by atoms with Gasteiger partial charge in [0.05, 0.1) is 5.69 Å². The second kappa shape index (κ2) is 8.60. The monoisotopic (exact) mass is 355 g/mol. The van der Waals surface area contributed by atoms with Crippen molar-refractivity contribution < 1.29 is 9.21 Å². The molecule has 1 unspecified atom stereocenters. The molecular weight excluding hydrogens is 330 g/mol. The van der Waals surface area contributed by atoms with E-state index in [9.17, 15) is 4.79 Å². The first kappa shape index (κ1) is 18.1. The fourth-order valence-electron chi connectivity index (χ4n) is 3.46. The highest BCUT2D eigenvalue weighted by molar-refractivity contribution is 5.84. The lowest BCUT2D eigenvalue weighted by atomic mass is 9.95. The Kier molecular flexibility index (Phi) is 5.99. The molecule has 2 aliphatic rings. The number of hydrogen-bond acceptors (Lipinski definition) is 6. The largest absolute Gasteiger partial charge is 0.418 e. The van der Waals surface area contributed by atoms with Crippen LogP contribution >= 0.6 is 0 Å². The van der Waals surface area contributed by atoms with E-state index in [0.717, 1.165) is 5.69 Å². The fraction of sp³-hybridized carbons (Fsp3) is 0.474. The first-order valence-electron chi connectivity index (χ1n) is 9.14. The van der Waals surface area contributed by atoms with Crippen molar-refractivity contribution in [2.75, 3.05) is 11.9 Å². The van der Waals surface area contributed by atoms with Gasteiger partial charge in [0.2, 0.25) is 11.8 Å². The van der Waals surface area contributed by atoms with Crippen LogP contribution in [0.2, 0.25) is 0 Å². The molecule has 1 aliphatic heterocycles. The number of hydrogen-bond donors (Lipinski definition) is 2. The molecule has 2 aromatic heterocycles. The third-order valence-corrected chi connectivity index (χ3v) is 4.76. The van der Waals surface area contributed by atoms with Crippen LogP contribution in [0, 0.1) is 0 Å². The summed E-state index contributed by atoms with van der Waals surface area (Å²) in [6, 6.07) is 4.35. The van der Waals surface area contributed by atoms with E-state index in [1.165, 1.54) is 32.1 Å². The minimum atomic E-state index is -0.343. The molecule has 1 amide bonds. The lowest BCUT2D eigenvalue weighted by molar-refractivity contribution is -0.120. The molecule has 26 heavy (non-hydrogen) atoms. The average molecular weight is 355 g/mol. The lowest BCUT2D eigenvalue weighted by Gasteiger charge is -2.24. The summed E-state index contributed by atoms with van der Waals surface area (Å²) in [5.74, 6) is 0.342. The summed E-state index contributed by atoms with van der Waals surface area (Å²) in [7, 11) is 0. The van der Waals surface area contributed by atoms with Gasteiger partial charge in [-0.1, -0.05) is 19.3 Å². The number of pyridine rings is 1. The topological polar surface area (TPSA) is 92.9 Å². The maximum atomic E-state index is 11.8. The number of carbonyl (C=O) groups excluding carboxylic acids is 1. The molecule has 2 N–H and O–H groups in total. The van der Waals surface area contributed by atoms with Gasteiger partial charge in [0.25, 0.3) is 5.89 Å². The molecule has 1 saturated heterocycles. The number of amides is 1. The first-order valence-corrected chi connectivity index (χ1v) is 9.14. The quantitative estimate of drug-likeness (QED) is 0.818. The van der Waals surface area contributed by atoms with E-state index >= 15 is 0 Å². The van der Waals surface area contributed by atoms with Crippen molar-refractivity contribution in [2.45, 2.75) is 50.5 Å². The molecule has 138 valence electrons. The van der Waals surface area contributed by atoms with Gasteiger partial charge in [-0.25, -0.2) is 4.98 Å². The predicted molar refractivity (Wildman–Crippen MR) is 99.6 cm³/mol. The molecule has 7 heteroatoms. The van der Waals surface area contributed by atoms with Gasteiger partial charge in [0.1, 0.15) is 5.92 Å². The lowest BCUT2D eigenvalue weighted by Crippen LogP contribution is -2.22. The first-order chi connectivity index (χ1) is 12.8. The van der Waals surface area contributed by atoms with Gasteiger partial charge in [-0.2, -0.15) is 0 Å². The van der Waals surface area contributed by atoms with Crippen LogP contribution in [0.1, 0.15) is 50.3 Å². The molecule has 1 atom stereocenters. The van der Waals surface area contributed by atoms with Gasteiger partial charge in [-0.15, -0.1) is 23.4 Å². The fourth-order valence-corrected chi connectivity index (χ4v) is 3.46. The van der Waals surface area contributed by atoms with Gasteiger partial charge in [0.15, 0.2) is 5.69 Å². The Morgan fingerprint density at radius 3 is 2.69 bits per heavy atom. The Hall–Kier alpha value is -2.70. The van der Waals surface area contributed by atoms with Crippen molar-refractivity contribution in [3.8, 4) is 11.6 Å². The van der Waals surface area contributed by atoms with Crippen LogP contribution in [0.15, 0.2) is 35.9 Å². The molecule has 7 nitrogen and oxygen atoms in total. The zero-order chi connectivity index (χ0) is 18.4. The van der Waals surface area contributed by atoms with Crippen molar-refractivity contribution in [3.05, 3.63) is 37.4 Å². The van der Waals surface area contributed by atoms with E-state index in [-0.39, 0.29) is 11.8 Å². The van der Waals surface area contributed by atoms with Gasteiger partial charge >= 0.3 is 0 Å². The minimum absolute atomic E-state index is 0.0493. The molecular formula is C19H25N5O2. The summed E-state index contributed by atoms with van der Waals surface area (Å²) in [5, 5.41) is 14.5. The summed E-state index contributed by atoms with van der Waals surface area (Å²) in [5.41, 5.74) is 1.57. The van der Waals surface area contributed by atoms with E-state index < -0.39 is 0 Å².